The molecule has 2 heterocycles. The van der Waals surface area contributed by atoms with Gasteiger partial charge in [0.2, 0.25) is 5.88 Å². The van der Waals surface area contributed by atoms with Crippen LogP contribution >= 0.6 is 0 Å². The van der Waals surface area contributed by atoms with Crippen molar-refractivity contribution in [2.75, 3.05) is 26.3 Å². The highest BCUT2D eigenvalue weighted by Gasteiger charge is 2.53. The van der Waals surface area contributed by atoms with Crippen LogP contribution in [0.15, 0.2) is 30.5 Å². The van der Waals surface area contributed by atoms with Crippen LogP contribution in [-0.2, 0) is 12.1 Å². The molecule has 162 valence electrons. The zero-order chi connectivity index (χ0) is 21.1. The lowest BCUT2D eigenvalue weighted by Crippen LogP contribution is -2.58. The Kier molecular flexibility index (Phi) is 6.20. The van der Waals surface area contributed by atoms with Crippen molar-refractivity contribution in [3.63, 3.8) is 0 Å². The maximum absolute atomic E-state index is 13.2. The molecule has 7 heteroatoms. The minimum absolute atomic E-state index is 0.0613. The number of halogens is 1. The van der Waals surface area contributed by atoms with Crippen LogP contribution in [0.2, 0.25) is 0 Å². The summed E-state index contributed by atoms with van der Waals surface area (Å²) in [6.45, 7) is 7.00. The van der Waals surface area contributed by atoms with Gasteiger partial charge in [0, 0.05) is 37.7 Å². The summed E-state index contributed by atoms with van der Waals surface area (Å²) in [7, 11) is 0. The molecule has 1 aliphatic carbocycles. The number of rotatable bonds is 7. The number of likely N-dealkylation sites (tertiary alicyclic amines) is 1. The van der Waals surface area contributed by atoms with Crippen LogP contribution < -0.4 is 9.47 Å². The Bertz CT molecular complexity index is 847. The molecule has 6 nitrogen and oxygen atoms in total. The molecule has 1 aromatic carbocycles. The fourth-order valence-electron chi connectivity index (χ4n) is 5.03. The number of hydrogen-bond donors (Lipinski definition) is 1. The van der Waals surface area contributed by atoms with Gasteiger partial charge in [0.25, 0.3) is 0 Å². The number of nitrogens with zero attached hydrogens (tertiary/aromatic N) is 3. The van der Waals surface area contributed by atoms with Gasteiger partial charge in [0.1, 0.15) is 11.4 Å². The highest BCUT2D eigenvalue weighted by molar-refractivity contribution is 5.34. The van der Waals surface area contributed by atoms with Crippen LogP contribution in [0.3, 0.4) is 0 Å². The fourth-order valence-corrected chi connectivity index (χ4v) is 5.03. The Morgan fingerprint density at radius 1 is 1.10 bits per heavy atom. The number of aliphatic hydroxyl groups is 1. The minimum Gasteiger partial charge on any atom is -0.478 e. The van der Waals surface area contributed by atoms with E-state index in [4.69, 9.17) is 9.47 Å². The van der Waals surface area contributed by atoms with Crippen molar-refractivity contribution < 1.29 is 19.0 Å². The molecule has 0 radical (unpaired) electrons. The summed E-state index contributed by atoms with van der Waals surface area (Å²) in [4.78, 5) is 11.1. The van der Waals surface area contributed by atoms with Gasteiger partial charge in [-0.05, 0) is 44.4 Å². The quantitative estimate of drug-likeness (QED) is 0.746. The van der Waals surface area contributed by atoms with Gasteiger partial charge >= 0.3 is 6.01 Å². The second kappa shape index (κ2) is 8.86. The van der Waals surface area contributed by atoms with Crippen molar-refractivity contribution in [2.24, 2.45) is 11.8 Å². The third-order valence-corrected chi connectivity index (χ3v) is 6.34. The molecular weight excluding hydrogens is 385 g/mol. The zero-order valence-electron chi connectivity index (χ0n) is 17.7. The molecular formula is C23H30FN3O3. The van der Waals surface area contributed by atoms with Crippen molar-refractivity contribution in [1.29, 1.82) is 0 Å². The van der Waals surface area contributed by atoms with Crippen molar-refractivity contribution in [2.45, 2.75) is 45.3 Å². The SMILES string of the molecule is CCOc1ncc(C2(O)C3CCCC2CN(Cc2ccc(F)cc2)C3)c(OCC)n1. The lowest BCUT2D eigenvalue weighted by atomic mass is 9.63. The number of ether oxygens (including phenoxy) is 2. The van der Waals surface area contributed by atoms with Gasteiger partial charge in [-0.1, -0.05) is 18.6 Å². The van der Waals surface area contributed by atoms with E-state index in [1.165, 1.54) is 12.1 Å². The summed E-state index contributed by atoms with van der Waals surface area (Å²) in [5.74, 6) is 0.322. The average Bonchev–Trinajstić information content (AvgIpc) is 2.71. The number of aromatic nitrogens is 2. The minimum atomic E-state index is -1.02. The van der Waals surface area contributed by atoms with Crippen molar-refractivity contribution in [3.8, 4) is 11.9 Å². The normalized spacial score (nSPS) is 26.4. The Morgan fingerprint density at radius 2 is 1.77 bits per heavy atom. The Labute approximate surface area is 177 Å². The number of benzene rings is 1. The van der Waals surface area contributed by atoms with Gasteiger partial charge in [0.05, 0.1) is 18.8 Å². The molecule has 1 N–H and O–H groups in total. The van der Waals surface area contributed by atoms with Crippen LogP contribution in [0, 0.1) is 17.7 Å². The summed E-state index contributed by atoms with van der Waals surface area (Å²) in [6, 6.07) is 6.94. The van der Waals surface area contributed by atoms with E-state index in [2.05, 4.69) is 14.9 Å². The number of piperidine rings is 1. The highest BCUT2D eigenvalue weighted by Crippen LogP contribution is 2.51. The molecule has 2 unspecified atom stereocenters. The third kappa shape index (κ3) is 4.01. The first-order valence-corrected chi connectivity index (χ1v) is 10.9. The van der Waals surface area contributed by atoms with Gasteiger partial charge in [-0.2, -0.15) is 4.98 Å². The Balaban J connectivity index is 1.60. The summed E-state index contributed by atoms with van der Waals surface area (Å²) >= 11 is 0. The Morgan fingerprint density at radius 3 is 2.40 bits per heavy atom. The predicted molar refractivity (Wildman–Crippen MR) is 111 cm³/mol. The molecule has 1 saturated carbocycles. The van der Waals surface area contributed by atoms with Gasteiger partial charge in [0.15, 0.2) is 0 Å². The maximum Gasteiger partial charge on any atom is 0.319 e. The van der Waals surface area contributed by atoms with Gasteiger partial charge in [-0.3, -0.25) is 4.90 Å². The fraction of sp³-hybridized carbons (Fsp3) is 0.565. The van der Waals surface area contributed by atoms with Gasteiger partial charge < -0.3 is 14.6 Å². The van der Waals surface area contributed by atoms with E-state index in [1.807, 2.05) is 26.0 Å². The molecule has 1 aromatic heterocycles. The molecule has 0 spiro atoms. The Hall–Kier alpha value is -2.25. The van der Waals surface area contributed by atoms with Crippen LogP contribution in [-0.4, -0.2) is 46.3 Å². The van der Waals surface area contributed by atoms with Crippen LogP contribution in [0.25, 0.3) is 0 Å². The highest BCUT2D eigenvalue weighted by atomic mass is 19.1. The number of fused-ring (bicyclic) bond motifs is 2. The van der Waals surface area contributed by atoms with E-state index >= 15 is 0 Å². The summed E-state index contributed by atoms with van der Waals surface area (Å²) in [6.07, 6.45) is 4.66. The van der Waals surface area contributed by atoms with E-state index in [0.717, 1.165) is 44.5 Å². The standard InChI is InChI=1S/C23H30FN3O3/c1-3-29-21-20(12-25-22(26-21)30-4-2)23(28)17-6-5-7-18(23)15-27(14-17)13-16-8-10-19(24)11-9-16/h8-12,17-18,28H,3-7,13-15H2,1-2H3. The van der Waals surface area contributed by atoms with Gasteiger partial charge in [-0.25, -0.2) is 9.37 Å². The second-order valence-corrected chi connectivity index (χ2v) is 8.21. The largest absolute Gasteiger partial charge is 0.478 e. The molecule has 2 fully saturated rings. The molecule has 1 saturated heterocycles. The second-order valence-electron chi connectivity index (χ2n) is 8.21. The van der Waals surface area contributed by atoms with E-state index in [-0.39, 0.29) is 23.7 Å². The topological polar surface area (TPSA) is 67.7 Å². The van der Waals surface area contributed by atoms with Crippen LogP contribution in [0.1, 0.15) is 44.2 Å². The lowest BCUT2D eigenvalue weighted by molar-refractivity contribution is -0.150. The van der Waals surface area contributed by atoms with Crippen molar-refractivity contribution >= 4 is 0 Å². The molecule has 4 rings (SSSR count). The maximum atomic E-state index is 13.2. The van der Waals surface area contributed by atoms with Crippen LogP contribution in [0.5, 0.6) is 11.9 Å². The van der Waals surface area contributed by atoms with Gasteiger partial charge in [-0.15, -0.1) is 0 Å². The summed E-state index contributed by atoms with van der Waals surface area (Å²) < 4.78 is 24.5. The molecule has 30 heavy (non-hydrogen) atoms. The smallest absolute Gasteiger partial charge is 0.319 e. The summed E-state index contributed by atoms with van der Waals surface area (Å²) in [5.41, 5.74) is 0.732. The molecule has 1 aliphatic heterocycles. The van der Waals surface area contributed by atoms with E-state index < -0.39 is 5.60 Å². The number of hydrogen-bond acceptors (Lipinski definition) is 6. The first kappa shape index (κ1) is 21.0. The lowest BCUT2D eigenvalue weighted by Gasteiger charge is -2.53. The molecule has 0 amide bonds. The van der Waals surface area contributed by atoms with E-state index in [0.29, 0.717) is 24.7 Å². The first-order chi connectivity index (χ1) is 14.5. The third-order valence-electron chi connectivity index (χ3n) is 6.34. The predicted octanol–water partition coefficient (Wildman–Crippen LogP) is 3.53. The molecule has 2 aromatic rings. The summed E-state index contributed by atoms with van der Waals surface area (Å²) in [5, 5.41) is 12.0. The monoisotopic (exact) mass is 415 g/mol. The average molecular weight is 416 g/mol. The van der Waals surface area contributed by atoms with Crippen molar-refractivity contribution in [1.82, 2.24) is 14.9 Å². The molecule has 2 atom stereocenters. The molecule has 2 aliphatic rings. The van der Waals surface area contributed by atoms with E-state index in [9.17, 15) is 9.50 Å². The molecule has 2 bridgehead atoms. The van der Waals surface area contributed by atoms with E-state index in [1.54, 1.807) is 6.20 Å². The zero-order valence-corrected chi connectivity index (χ0v) is 17.7. The van der Waals surface area contributed by atoms with Crippen LogP contribution in [0.4, 0.5) is 4.39 Å². The van der Waals surface area contributed by atoms with Crippen molar-refractivity contribution in [3.05, 3.63) is 47.4 Å². The first-order valence-electron chi connectivity index (χ1n) is 10.9.